The van der Waals surface area contributed by atoms with Gasteiger partial charge < -0.3 is 15.1 Å². The highest BCUT2D eigenvalue weighted by Crippen LogP contribution is 2.28. The van der Waals surface area contributed by atoms with Crippen molar-refractivity contribution in [1.29, 1.82) is 0 Å². The second-order valence-corrected chi connectivity index (χ2v) is 9.46. The molecule has 3 aliphatic rings. The first-order chi connectivity index (χ1) is 14.4. The number of carbonyl (C=O) groups is 4. The highest BCUT2D eigenvalue weighted by molar-refractivity contribution is 8.14. The number of nitrogens with one attached hydrogen (secondary N) is 1. The van der Waals surface area contributed by atoms with Gasteiger partial charge in [-0.15, -0.1) is 0 Å². The van der Waals surface area contributed by atoms with Gasteiger partial charge in [-0.25, -0.2) is 0 Å². The normalized spacial score (nSPS) is 25.1. The number of piperidine rings is 1. The van der Waals surface area contributed by atoms with Crippen molar-refractivity contribution in [2.75, 3.05) is 30.3 Å². The molecule has 2 atom stereocenters. The number of amides is 3. The van der Waals surface area contributed by atoms with E-state index in [2.05, 4.69) is 5.32 Å². The van der Waals surface area contributed by atoms with E-state index in [1.54, 1.807) is 9.80 Å². The van der Waals surface area contributed by atoms with E-state index in [1.807, 2.05) is 31.2 Å². The molecule has 0 saturated carbocycles. The standard InChI is InChI=1S/C22H27N3O4S/c1-14-2-4-17(5-3-14)25-13-16(12-19(25)26)21(28)24-9-6-15(7-10-24)20(27)23-18-8-11-30-22(18)29/h2-5,15-16,18H,6-13H2,1H3,(H,23,27). The Morgan fingerprint density at radius 3 is 2.37 bits per heavy atom. The first-order valence-electron chi connectivity index (χ1n) is 10.5. The van der Waals surface area contributed by atoms with E-state index < -0.39 is 0 Å². The Labute approximate surface area is 180 Å². The minimum atomic E-state index is -0.362. The maximum atomic E-state index is 13.0. The van der Waals surface area contributed by atoms with Gasteiger partial charge in [-0.1, -0.05) is 29.5 Å². The Kier molecular flexibility index (Phi) is 6.13. The summed E-state index contributed by atoms with van der Waals surface area (Å²) in [4.78, 5) is 53.1. The van der Waals surface area contributed by atoms with Crippen LogP contribution in [0.4, 0.5) is 5.69 Å². The number of nitrogens with zero attached hydrogens (tertiary/aromatic N) is 2. The predicted molar refractivity (Wildman–Crippen MR) is 115 cm³/mol. The molecular weight excluding hydrogens is 402 g/mol. The molecule has 0 aliphatic carbocycles. The fourth-order valence-electron chi connectivity index (χ4n) is 4.38. The van der Waals surface area contributed by atoms with Gasteiger partial charge >= 0.3 is 0 Å². The Morgan fingerprint density at radius 2 is 1.73 bits per heavy atom. The number of rotatable bonds is 4. The average Bonchev–Trinajstić information content (AvgIpc) is 3.33. The molecule has 0 bridgehead atoms. The Morgan fingerprint density at radius 1 is 1.03 bits per heavy atom. The predicted octanol–water partition coefficient (Wildman–Crippen LogP) is 1.73. The van der Waals surface area contributed by atoms with Crippen LogP contribution in [0.25, 0.3) is 0 Å². The van der Waals surface area contributed by atoms with Crippen molar-refractivity contribution in [1.82, 2.24) is 10.2 Å². The molecule has 30 heavy (non-hydrogen) atoms. The van der Waals surface area contributed by atoms with Crippen LogP contribution >= 0.6 is 11.8 Å². The molecular formula is C22H27N3O4S. The van der Waals surface area contributed by atoms with Gasteiger partial charge in [-0.2, -0.15) is 0 Å². The lowest BCUT2D eigenvalue weighted by Crippen LogP contribution is -2.47. The lowest BCUT2D eigenvalue weighted by molar-refractivity contribution is -0.139. The number of likely N-dealkylation sites (tertiary alicyclic amines) is 1. The van der Waals surface area contributed by atoms with E-state index in [4.69, 9.17) is 0 Å². The second-order valence-electron chi connectivity index (χ2n) is 8.36. The smallest absolute Gasteiger partial charge is 0.228 e. The van der Waals surface area contributed by atoms with Crippen molar-refractivity contribution < 1.29 is 19.2 Å². The lowest BCUT2D eigenvalue weighted by Gasteiger charge is -2.33. The zero-order chi connectivity index (χ0) is 21.3. The quantitative estimate of drug-likeness (QED) is 0.788. The lowest BCUT2D eigenvalue weighted by atomic mass is 9.94. The topological polar surface area (TPSA) is 86.8 Å². The number of hydrogen-bond donors (Lipinski definition) is 1. The first kappa shape index (κ1) is 20.9. The number of hydrogen-bond acceptors (Lipinski definition) is 5. The summed E-state index contributed by atoms with van der Waals surface area (Å²) < 4.78 is 0. The van der Waals surface area contributed by atoms with Crippen molar-refractivity contribution in [3.05, 3.63) is 29.8 Å². The van der Waals surface area contributed by atoms with Crippen LogP contribution in [0, 0.1) is 18.8 Å². The molecule has 3 amide bonds. The van der Waals surface area contributed by atoms with Gasteiger partial charge in [0.2, 0.25) is 22.8 Å². The van der Waals surface area contributed by atoms with Crippen LogP contribution in [-0.2, 0) is 19.2 Å². The van der Waals surface area contributed by atoms with Crippen molar-refractivity contribution in [3.8, 4) is 0 Å². The van der Waals surface area contributed by atoms with Crippen LogP contribution in [0.2, 0.25) is 0 Å². The first-order valence-corrected chi connectivity index (χ1v) is 11.5. The third-order valence-corrected chi connectivity index (χ3v) is 7.26. The molecule has 4 rings (SSSR count). The zero-order valence-electron chi connectivity index (χ0n) is 17.1. The number of carbonyl (C=O) groups excluding carboxylic acids is 4. The van der Waals surface area contributed by atoms with Gasteiger partial charge in [0.05, 0.1) is 12.0 Å². The van der Waals surface area contributed by atoms with E-state index in [0.29, 0.717) is 38.9 Å². The van der Waals surface area contributed by atoms with Crippen molar-refractivity contribution in [2.24, 2.45) is 11.8 Å². The van der Waals surface area contributed by atoms with Gasteiger partial charge in [0.1, 0.15) is 0 Å². The summed E-state index contributed by atoms with van der Waals surface area (Å²) in [5.74, 6) is 0.157. The Balaban J connectivity index is 1.29. The van der Waals surface area contributed by atoms with E-state index in [0.717, 1.165) is 17.0 Å². The molecule has 1 aromatic carbocycles. The molecule has 3 aliphatic heterocycles. The fourth-order valence-corrected chi connectivity index (χ4v) is 5.32. The summed E-state index contributed by atoms with van der Waals surface area (Å²) in [7, 11) is 0. The minimum absolute atomic E-state index is 0.000750. The Hall–Kier alpha value is -2.35. The van der Waals surface area contributed by atoms with Crippen LogP contribution in [0.5, 0.6) is 0 Å². The summed E-state index contributed by atoms with van der Waals surface area (Å²) in [5, 5.41) is 2.91. The van der Waals surface area contributed by atoms with Crippen LogP contribution in [0.15, 0.2) is 24.3 Å². The molecule has 3 heterocycles. The molecule has 2 unspecified atom stereocenters. The summed E-state index contributed by atoms with van der Waals surface area (Å²) in [6.45, 7) is 3.43. The summed E-state index contributed by atoms with van der Waals surface area (Å²) >= 11 is 1.27. The molecule has 1 N–H and O–H groups in total. The highest BCUT2D eigenvalue weighted by Gasteiger charge is 2.39. The van der Waals surface area contributed by atoms with Crippen molar-refractivity contribution >= 4 is 40.3 Å². The summed E-state index contributed by atoms with van der Waals surface area (Å²) in [6.07, 6.45) is 2.11. The molecule has 0 spiro atoms. The van der Waals surface area contributed by atoms with Crippen LogP contribution in [-0.4, -0.2) is 59.2 Å². The molecule has 3 fully saturated rings. The third kappa shape index (κ3) is 4.38. The maximum Gasteiger partial charge on any atom is 0.228 e. The minimum Gasteiger partial charge on any atom is -0.345 e. The third-order valence-electron chi connectivity index (χ3n) is 6.25. The number of anilines is 1. The summed E-state index contributed by atoms with van der Waals surface area (Å²) in [5.41, 5.74) is 1.96. The van der Waals surface area contributed by atoms with E-state index in [-0.39, 0.29) is 47.1 Å². The molecule has 0 aromatic heterocycles. The van der Waals surface area contributed by atoms with E-state index in [1.165, 1.54) is 11.8 Å². The summed E-state index contributed by atoms with van der Waals surface area (Å²) in [6, 6.07) is 7.39. The average molecular weight is 430 g/mol. The van der Waals surface area contributed by atoms with Crippen LogP contribution in [0.3, 0.4) is 0 Å². The SMILES string of the molecule is Cc1ccc(N2CC(C(=O)N3CCC(C(=O)NC4CCSC4=O)CC3)CC2=O)cc1. The van der Waals surface area contributed by atoms with Crippen LogP contribution < -0.4 is 10.2 Å². The van der Waals surface area contributed by atoms with E-state index in [9.17, 15) is 19.2 Å². The largest absolute Gasteiger partial charge is 0.345 e. The van der Waals surface area contributed by atoms with Crippen molar-refractivity contribution in [2.45, 2.75) is 38.6 Å². The molecule has 7 nitrogen and oxygen atoms in total. The fraction of sp³-hybridized carbons (Fsp3) is 0.545. The Bertz CT molecular complexity index is 848. The molecule has 8 heteroatoms. The molecule has 0 radical (unpaired) electrons. The zero-order valence-corrected chi connectivity index (χ0v) is 18.0. The van der Waals surface area contributed by atoms with Gasteiger partial charge in [0, 0.05) is 43.4 Å². The molecule has 1 aromatic rings. The van der Waals surface area contributed by atoms with Crippen LogP contribution in [0.1, 0.15) is 31.2 Å². The number of benzene rings is 1. The van der Waals surface area contributed by atoms with Gasteiger partial charge in [0.25, 0.3) is 0 Å². The maximum absolute atomic E-state index is 13.0. The highest BCUT2D eigenvalue weighted by atomic mass is 32.2. The second kappa shape index (κ2) is 8.79. The molecule has 160 valence electrons. The van der Waals surface area contributed by atoms with Crippen molar-refractivity contribution in [3.63, 3.8) is 0 Å². The number of aryl methyl sites for hydroxylation is 1. The van der Waals surface area contributed by atoms with E-state index >= 15 is 0 Å². The monoisotopic (exact) mass is 429 g/mol. The molecule has 3 saturated heterocycles. The van der Waals surface area contributed by atoms with Gasteiger partial charge in [-0.3, -0.25) is 19.2 Å². The van der Waals surface area contributed by atoms with Gasteiger partial charge in [-0.05, 0) is 38.3 Å². The van der Waals surface area contributed by atoms with Gasteiger partial charge in [0.15, 0.2) is 0 Å². The number of thioether (sulfide) groups is 1.